The molecule has 136 valence electrons. The van der Waals surface area contributed by atoms with Gasteiger partial charge in [-0.1, -0.05) is 0 Å². The molecule has 0 bridgehead atoms. The van der Waals surface area contributed by atoms with Crippen molar-refractivity contribution in [3.05, 3.63) is 23.7 Å². The minimum atomic E-state index is -3.24. The predicted octanol–water partition coefficient (Wildman–Crippen LogP) is 0.780. The summed E-state index contributed by atoms with van der Waals surface area (Å²) in [6.07, 6.45) is 0.833. The van der Waals surface area contributed by atoms with Gasteiger partial charge in [0.05, 0.1) is 25.5 Å². The van der Waals surface area contributed by atoms with Gasteiger partial charge >= 0.3 is 6.03 Å². The Kier molecular flexibility index (Phi) is 6.25. The number of hydrogen-bond acceptors (Lipinski definition) is 5. The molecule has 1 aromatic rings. The first-order valence-corrected chi connectivity index (χ1v) is 9.79. The lowest BCUT2D eigenvalue weighted by Crippen LogP contribution is -2.50. The van der Waals surface area contributed by atoms with Crippen LogP contribution in [-0.4, -0.2) is 68.8 Å². The first kappa shape index (κ1) is 18.8. The Hall–Kier alpha value is -1.58. The zero-order chi connectivity index (χ0) is 17.7. The number of rotatable bonds is 6. The summed E-state index contributed by atoms with van der Waals surface area (Å²) in [7, 11) is -3.24. The molecule has 0 spiro atoms. The zero-order valence-electron chi connectivity index (χ0n) is 14.3. The number of aryl methyl sites for hydroxylation is 1. The first-order valence-electron chi connectivity index (χ1n) is 7.94. The average Bonchev–Trinajstić information content (AvgIpc) is 2.95. The molecule has 2 heterocycles. The van der Waals surface area contributed by atoms with E-state index in [1.807, 2.05) is 26.0 Å². The van der Waals surface area contributed by atoms with E-state index in [1.54, 1.807) is 4.90 Å². The molecule has 0 saturated carbocycles. The van der Waals surface area contributed by atoms with E-state index in [0.717, 1.165) is 11.5 Å². The molecule has 0 aromatic carbocycles. The molecule has 1 aliphatic heterocycles. The topological polar surface area (TPSA) is 92.1 Å². The van der Waals surface area contributed by atoms with Crippen LogP contribution in [0.3, 0.4) is 0 Å². The lowest BCUT2D eigenvalue weighted by molar-refractivity contribution is 0.000859. The number of ether oxygens (including phenoxy) is 1. The second-order valence-corrected chi connectivity index (χ2v) is 7.81. The Morgan fingerprint density at radius 3 is 2.79 bits per heavy atom. The van der Waals surface area contributed by atoms with E-state index in [9.17, 15) is 13.2 Å². The average molecular weight is 359 g/mol. The van der Waals surface area contributed by atoms with Gasteiger partial charge in [0, 0.05) is 26.2 Å². The van der Waals surface area contributed by atoms with Gasteiger partial charge in [-0.2, -0.15) is 4.31 Å². The number of furan rings is 1. The molecule has 0 radical (unpaired) electrons. The lowest BCUT2D eigenvalue weighted by atomic mass is 10.3. The number of nitrogens with one attached hydrogen (secondary N) is 1. The standard InChI is InChI=1S/C15H25N3O5S/c1-4-17(10-13-6-5-12(2)23-13)15(19)16-9-14-11-18(7-8-22-14)24(3,20)21/h5-6,14H,4,7-11H2,1-3H3,(H,16,19)/t14-/m0/s1. The van der Waals surface area contributed by atoms with Crippen LogP contribution in [0.2, 0.25) is 0 Å². The van der Waals surface area contributed by atoms with Crippen molar-refractivity contribution >= 4 is 16.1 Å². The van der Waals surface area contributed by atoms with E-state index < -0.39 is 10.0 Å². The van der Waals surface area contributed by atoms with E-state index in [0.29, 0.717) is 26.2 Å². The molecule has 1 aromatic heterocycles. The van der Waals surface area contributed by atoms with Crippen molar-refractivity contribution in [2.45, 2.75) is 26.5 Å². The van der Waals surface area contributed by atoms with Crippen molar-refractivity contribution in [2.24, 2.45) is 0 Å². The number of morpholine rings is 1. The third-order valence-corrected chi connectivity index (χ3v) is 5.13. The van der Waals surface area contributed by atoms with E-state index >= 15 is 0 Å². The summed E-state index contributed by atoms with van der Waals surface area (Å²) in [5.74, 6) is 1.53. The Labute approximate surface area is 142 Å². The smallest absolute Gasteiger partial charge is 0.317 e. The third-order valence-electron chi connectivity index (χ3n) is 3.86. The van der Waals surface area contributed by atoms with Gasteiger partial charge in [0.15, 0.2) is 0 Å². The highest BCUT2D eigenvalue weighted by molar-refractivity contribution is 7.88. The number of hydrogen-bond donors (Lipinski definition) is 1. The van der Waals surface area contributed by atoms with Gasteiger partial charge in [0.1, 0.15) is 11.5 Å². The predicted molar refractivity (Wildman–Crippen MR) is 89.1 cm³/mol. The highest BCUT2D eigenvalue weighted by Crippen LogP contribution is 2.11. The number of amides is 2. The maximum atomic E-state index is 12.3. The van der Waals surface area contributed by atoms with E-state index in [4.69, 9.17) is 9.15 Å². The van der Waals surface area contributed by atoms with Crippen molar-refractivity contribution < 1.29 is 22.4 Å². The maximum absolute atomic E-state index is 12.3. The highest BCUT2D eigenvalue weighted by atomic mass is 32.2. The van der Waals surface area contributed by atoms with Crippen LogP contribution in [0.4, 0.5) is 4.79 Å². The molecule has 9 heteroatoms. The van der Waals surface area contributed by atoms with Crippen molar-refractivity contribution in [3.8, 4) is 0 Å². The van der Waals surface area contributed by atoms with E-state index in [-0.39, 0.29) is 25.2 Å². The summed E-state index contributed by atoms with van der Waals surface area (Å²) in [5, 5.41) is 2.80. The summed E-state index contributed by atoms with van der Waals surface area (Å²) in [6, 6.07) is 3.47. The van der Waals surface area contributed by atoms with Crippen molar-refractivity contribution in [1.29, 1.82) is 0 Å². The summed E-state index contributed by atoms with van der Waals surface area (Å²) >= 11 is 0. The molecular weight excluding hydrogens is 334 g/mol. The summed E-state index contributed by atoms with van der Waals surface area (Å²) in [6.45, 7) is 5.86. The van der Waals surface area contributed by atoms with Crippen molar-refractivity contribution in [1.82, 2.24) is 14.5 Å². The SMILES string of the molecule is CCN(Cc1ccc(C)o1)C(=O)NC[C@H]1CN(S(C)(=O)=O)CCO1. The van der Waals surface area contributed by atoms with E-state index in [2.05, 4.69) is 5.32 Å². The molecular formula is C15H25N3O5S. The summed E-state index contributed by atoms with van der Waals surface area (Å²) in [4.78, 5) is 13.9. The summed E-state index contributed by atoms with van der Waals surface area (Å²) in [5.41, 5.74) is 0. The monoisotopic (exact) mass is 359 g/mol. The second-order valence-electron chi connectivity index (χ2n) is 5.83. The van der Waals surface area contributed by atoms with Gasteiger partial charge in [0.2, 0.25) is 10.0 Å². The largest absolute Gasteiger partial charge is 0.464 e. The van der Waals surface area contributed by atoms with Crippen LogP contribution in [0.25, 0.3) is 0 Å². The van der Waals surface area contributed by atoms with E-state index in [1.165, 1.54) is 10.6 Å². The number of carbonyl (C=O) groups excluding carboxylic acids is 1. The van der Waals surface area contributed by atoms with Gasteiger partial charge in [-0.3, -0.25) is 0 Å². The molecule has 2 rings (SSSR count). The van der Waals surface area contributed by atoms with Crippen LogP contribution in [0.1, 0.15) is 18.4 Å². The Morgan fingerprint density at radius 1 is 1.46 bits per heavy atom. The van der Waals surface area contributed by atoms with Crippen LogP contribution in [0, 0.1) is 6.92 Å². The minimum absolute atomic E-state index is 0.230. The molecule has 0 aliphatic carbocycles. The van der Waals surface area contributed by atoms with Crippen LogP contribution in [0.5, 0.6) is 0 Å². The van der Waals surface area contributed by atoms with Crippen LogP contribution in [0.15, 0.2) is 16.5 Å². The molecule has 8 nitrogen and oxygen atoms in total. The number of urea groups is 1. The van der Waals surface area contributed by atoms with Crippen molar-refractivity contribution in [2.75, 3.05) is 39.0 Å². The van der Waals surface area contributed by atoms with Crippen LogP contribution in [-0.2, 0) is 21.3 Å². The van der Waals surface area contributed by atoms with Gasteiger partial charge in [0.25, 0.3) is 0 Å². The lowest BCUT2D eigenvalue weighted by Gasteiger charge is -2.31. The Morgan fingerprint density at radius 2 is 2.21 bits per heavy atom. The zero-order valence-corrected chi connectivity index (χ0v) is 15.1. The number of nitrogens with zero attached hydrogens (tertiary/aromatic N) is 2. The fourth-order valence-electron chi connectivity index (χ4n) is 2.52. The maximum Gasteiger partial charge on any atom is 0.317 e. The fraction of sp³-hybridized carbons (Fsp3) is 0.667. The molecule has 2 amide bonds. The van der Waals surface area contributed by atoms with Gasteiger partial charge < -0.3 is 19.4 Å². The van der Waals surface area contributed by atoms with Gasteiger partial charge in [-0.05, 0) is 26.0 Å². The summed E-state index contributed by atoms with van der Waals surface area (Å²) < 4.78 is 35.6. The fourth-order valence-corrected chi connectivity index (χ4v) is 3.36. The Bertz CT molecular complexity index is 658. The number of carbonyl (C=O) groups is 1. The third kappa shape index (κ3) is 5.22. The molecule has 24 heavy (non-hydrogen) atoms. The molecule has 1 fully saturated rings. The van der Waals surface area contributed by atoms with Gasteiger partial charge in [-0.25, -0.2) is 13.2 Å². The quantitative estimate of drug-likeness (QED) is 0.810. The molecule has 1 aliphatic rings. The van der Waals surface area contributed by atoms with Crippen molar-refractivity contribution in [3.63, 3.8) is 0 Å². The number of sulfonamides is 1. The normalized spacial score (nSPS) is 19.2. The van der Waals surface area contributed by atoms with Gasteiger partial charge in [-0.15, -0.1) is 0 Å². The Balaban J connectivity index is 1.84. The van der Waals surface area contributed by atoms with Crippen LogP contribution >= 0.6 is 0 Å². The first-order chi connectivity index (χ1) is 11.3. The molecule has 1 saturated heterocycles. The molecule has 1 atom stereocenters. The second kappa shape index (κ2) is 8.00. The minimum Gasteiger partial charge on any atom is -0.464 e. The molecule has 0 unspecified atom stereocenters. The van der Waals surface area contributed by atoms with Crippen LogP contribution < -0.4 is 5.32 Å². The molecule has 1 N–H and O–H groups in total. The highest BCUT2D eigenvalue weighted by Gasteiger charge is 2.27.